The summed E-state index contributed by atoms with van der Waals surface area (Å²) in [5, 5.41) is 6.51. The van der Waals surface area contributed by atoms with E-state index in [-0.39, 0.29) is 5.56 Å². The summed E-state index contributed by atoms with van der Waals surface area (Å²) in [6, 6.07) is 19.8. The maximum absolute atomic E-state index is 12.2. The SMILES string of the molecule is O=C(N/N=C\c1ccc(OC(=O)c2ccccc2Cl)cc1)C(=O)Nc1ccc(Br)cc1. The maximum Gasteiger partial charge on any atom is 0.345 e. The molecule has 31 heavy (non-hydrogen) atoms. The van der Waals surface area contributed by atoms with Gasteiger partial charge in [0, 0.05) is 10.2 Å². The summed E-state index contributed by atoms with van der Waals surface area (Å²) in [6.07, 6.45) is 1.35. The lowest BCUT2D eigenvalue weighted by Gasteiger charge is -2.06. The number of hydrazone groups is 1. The minimum atomic E-state index is -0.913. The van der Waals surface area contributed by atoms with E-state index in [0.29, 0.717) is 22.0 Å². The molecule has 0 aliphatic heterocycles. The Morgan fingerprint density at radius 1 is 0.903 bits per heavy atom. The van der Waals surface area contributed by atoms with Gasteiger partial charge in [0.1, 0.15) is 5.75 Å². The second-order valence-corrected chi connectivity index (χ2v) is 7.42. The van der Waals surface area contributed by atoms with Gasteiger partial charge in [-0.2, -0.15) is 5.10 Å². The third kappa shape index (κ3) is 6.50. The highest BCUT2D eigenvalue weighted by Crippen LogP contribution is 2.19. The van der Waals surface area contributed by atoms with E-state index in [1.165, 1.54) is 6.21 Å². The summed E-state index contributed by atoms with van der Waals surface area (Å²) in [5.74, 6) is -2.01. The van der Waals surface area contributed by atoms with Gasteiger partial charge >= 0.3 is 17.8 Å². The van der Waals surface area contributed by atoms with Crippen LogP contribution < -0.4 is 15.5 Å². The van der Waals surface area contributed by atoms with E-state index in [1.54, 1.807) is 72.8 Å². The monoisotopic (exact) mass is 499 g/mol. The minimum absolute atomic E-state index is 0.263. The molecule has 156 valence electrons. The third-order valence-electron chi connectivity index (χ3n) is 3.87. The molecule has 9 heteroatoms. The number of hydrogen-bond acceptors (Lipinski definition) is 5. The molecule has 3 rings (SSSR count). The highest BCUT2D eigenvalue weighted by Gasteiger charge is 2.13. The standard InChI is InChI=1S/C22H15BrClN3O4/c23-15-7-9-16(10-8-15)26-20(28)21(29)27-25-13-14-5-11-17(12-6-14)31-22(30)18-3-1-2-4-19(18)24/h1-13H,(H,26,28)(H,27,29)/b25-13-. The van der Waals surface area contributed by atoms with Crippen molar-refractivity contribution in [2.75, 3.05) is 5.32 Å². The number of anilines is 1. The minimum Gasteiger partial charge on any atom is -0.423 e. The number of ether oxygens (including phenoxy) is 1. The number of carbonyl (C=O) groups is 3. The second-order valence-electron chi connectivity index (χ2n) is 6.10. The molecular weight excluding hydrogens is 486 g/mol. The second kappa shape index (κ2) is 10.5. The lowest BCUT2D eigenvalue weighted by atomic mass is 10.2. The van der Waals surface area contributed by atoms with Crippen molar-refractivity contribution in [3.8, 4) is 5.75 Å². The molecule has 0 radical (unpaired) electrons. The Balaban J connectivity index is 1.51. The first kappa shape index (κ1) is 22.2. The zero-order chi connectivity index (χ0) is 22.2. The average Bonchev–Trinajstić information content (AvgIpc) is 2.76. The Labute approximate surface area is 191 Å². The topological polar surface area (TPSA) is 96.9 Å². The molecule has 0 aliphatic carbocycles. The van der Waals surface area contributed by atoms with E-state index >= 15 is 0 Å². The summed E-state index contributed by atoms with van der Waals surface area (Å²) in [6.45, 7) is 0. The normalized spacial score (nSPS) is 10.5. The number of amides is 2. The molecule has 0 unspecified atom stereocenters. The van der Waals surface area contributed by atoms with Crippen molar-refractivity contribution >= 4 is 57.2 Å². The molecule has 7 nitrogen and oxygen atoms in total. The molecule has 3 aromatic rings. The number of halogens is 2. The van der Waals surface area contributed by atoms with E-state index in [1.807, 2.05) is 0 Å². The first-order valence-corrected chi connectivity index (χ1v) is 10.1. The zero-order valence-electron chi connectivity index (χ0n) is 15.8. The fraction of sp³-hybridized carbons (Fsp3) is 0. The van der Waals surface area contributed by atoms with Crippen molar-refractivity contribution in [3.63, 3.8) is 0 Å². The van der Waals surface area contributed by atoms with Crippen LogP contribution in [0.5, 0.6) is 5.75 Å². The highest BCUT2D eigenvalue weighted by molar-refractivity contribution is 9.10. The van der Waals surface area contributed by atoms with Crippen LogP contribution in [0.1, 0.15) is 15.9 Å². The first-order chi connectivity index (χ1) is 14.9. The van der Waals surface area contributed by atoms with Gasteiger partial charge in [-0.3, -0.25) is 9.59 Å². The van der Waals surface area contributed by atoms with Crippen LogP contribution in [0, 0.1) is 0 Å². The van der Waals surface area contributed by atoms with Crippen molar-refractivity contribution in [3.05, 3.63) is 93.4 Å². The van der Waals surface area contributed by atoms with Crippen LogP contribution in [0.25, 0.3) is 0 Å². The largest absolute Gasteiger partial charge is 0.423 e. The molecule has 0 aliphatic rings. The Morgan fingerprint density at radius 3 is 2.26 bits per heavy atom. The van der Waals surface area contributed by atoms with Crippen LogP contribution in [-0.2, 0) is 9.59 Å². The van der Waals surface area contributed by atoms with Crippen LogP contribution in [0.3, 0.4) is 0 Å². The molecule has 0 saturated carbocycles. The average molecular weight is 501 g/mol. The molecule has 0 bridgehead atoms. The molecule has 0 spiro atoms. The van der Waals surface area contributed by atoms with Gasteiger partial charge in [0.25, 0.3) is 0 Å². The summed E-state index contributed by atoms with van der Waals surface area (Å²) >= 11 is 9.27. The Morgan fingerprint density at radius 2 is 1.58 bits per heavy atom. The van der Waals surface area contributed by atoms with Crippen LogP contribution >= 0.6 is 27.5 Å². The zero-order valence-corrected chi connectivity index (χ0v) is 18.2. The van der Waals surface area contributed by atoms with Gasteiger partial charge in [0.05, 0.1) is 16.8 Å². The Hall–Kier alpha value is -3.49. The molecular formula is C22H15BrClN3O4. The maximum atomic E-state index is 12.2. The van der Waals surface area contributed by atoms with E-state index in [4.69, 9.17) is 16.3 Å². The summed E-state index contributed by atoms with van der Waals surface area (Å²) < 4.78 is 6.13. The lowest BCUT2D eigenvalue weighted by Crippen LogP contribution is -2.32. The highest BCUT2D eigenvalue weighted by atomic mass is 79.9. The van der Waals surface area contributed by atoms with Crippen LogP contribution in [-0.4, -0.2) is 24.0 Å². The van der Waals surface area contributed by atoms with Gasteiger partial charge in [0.2, 0.25) is 0 Å². The smallest absolute Gasteiger partial charge is 0.345 e. The van der Waals surface area contributed by atoms with Crippen LogP contribution in [0.2, 0.25) is 5.02 Å². The van der Waals surface area contributed by atoms with Gasteiger partial charge < -0.3 is 10.1 Å². The molecule has 3 aromatic carbocycles. The Bertz CT molecular complexity index is 1130. The quantitative estimate of drug-likeness (QED) is 0.178. The number of benzene rings is 3. The van der Waals surface area contributed by atoms with E-state index in [0.717, 1.165) is 4.47 Å². The molecule has 0 heterocycles. The van der Waals surface area contributed by atoms with Gasteiger partial charge in [0.15, 0.2) is 0 Å². The summed E-state index contributed by atoms with van der Waals surface area (Å²) in [4.78, 5) is 35.8. The van der Waals surface area contributed by atoms with Crippen molar-refractivity contribution in [2.45, 2.75) is 0 Å². The molecule has 0 saturated heterocycles. The lowest BCUT2D eigenvalue weighted by molar-refractivity contribution is -0.136. The number of hydrogen-bond donors (Lipinski definition) is 2. The number of nitrogens with one attached hydrogen (secondary N) is 2. The van der Waals surface area contributed by atoms with Crippen molar-refractivity contribution < 1.29 is 19.1 Å². The molecule has 0 fully saturated rings. The van der Waals surface area contributed by atoms with Crippen molar-refractivity contribution in [2.24, 2.45) is 5.10 Å². The fourth-order valence-electron chi connectivity index (χ4n) is 2.35. The third-order valence-corrected chi connectivity index (χ3v) is 4.73. The number of rotatable bonds is 5. The molecule has 2 N–H and O–H groups in total. The predicted molar refractivity (Wildman–Crippen MR) is 121 cm³/mol. The fourth-order valence-corrected chi connectivity index (χ4v) is 2.83. The van der Waals surface area contributed by atoms with Crippen LogP contribution in [0.4, 0.5) is 5.69 Å². The molecule has 0 aromatic heterocycles. The van der Waals surface area contributed by atoms with Crippen LogP contribution in [0.15, 0.2) is 82.4 Å². The number of carbonyl (C=O) groups excluding carboxylic acids is 3. The number of esters is 1. The molecule has 2 amide bonds. The predicted octanol–water partition coefficient (Wildman–Crippen LogP) is 4.41. The van der Waals surface area contributed by atoms with Crippen molar-refractivity contribution in [1.82, 2.24) is 5.43 Å². The van der Waals surface area contributed by atoms with E-state index in [2.05, 4.69) is 31.8 Å². The molecule has 0 atom stereocenters. The van der Waals surface area contributed by atoms with Gasteiger partial charge in [-0.05, 0) is 66.2 Å². The van der Waals surface area contributed by atoms with Crippen molar-refractivity contribution in [1.29, 1.82) is 0 Å². The first-order valence-electron chi connectivity index (χ1n) is 8.89. The van der Waals surface area contributed by atoms with Gasteiger partial charge in [-0.15, -0.1) is 0 Å². The van der Waals surface area contributed by atoms with Gasteiger partial charge in [-0.1, -0.05) is 39.7 Å². The van der Waals surface area contributed by atoms with Gasteiger partial charge in [-0.25, -0.2) is 10.2 Å². The number of nitrogens with zero attached hydrogens (tertiary/aromatic N) is 1. The van der Waals surface area contributed by atoms with E-state index < -0.39 is 17.8 Å². The van der Waals surface area contributed by atoms with E-state index in [9.17, 15) is 14.4 Å². The summed E-state index contributed by atoms with van der Waals surface area (Å²) in [5.41, 5.74) is 3.51. The summed E-state index contributed by atoms with van der Waals surface area (Å²) in [7, 11) is 0. The Kier molecular flexibility index (Phi) is 7.53.